The van der Waals surface area contributed by atoms with Crippen LogP contribution < -0.4 is 0 Å². The van der Waals surface area contributed by atoms with Crippen LogP contribution in [0.15, 0.2) is 22.8 Å². The predicted octanol–water partition coefficient (Wildman–Crippen LogP) is 1.91. The molecule has 1 heterocycles. The number of halogens is 1. The molecule has 4 heteroatoms. The summed E-state index contributed by atoms with van der Waals surface area (Å²) in [7, 11) is 0. The van der Waals surface area contributed by atoms with Crippen LogP contribution in [0.25, 0.3) is 0 Å². The molecule has 0 aliphatic rings. The molecule has 0 saturated heterocycles. The lowest BCUT2D eigenvalue weighted by Crippen LogP contribution is -1.91. The van der Waals surface area contributed by atoms with E-state index < -0.39 is 0 Å². The van der Waals surface area contributed by atoms with E-state index in [1.54, 1.807) is 18.3 Å². The van der Waals surface area contributed by atoms with Gasteiger partial charge in [0.15, 0.2) is 0 Å². The van der Waals surface area contributed by atoms with Crippen molar-refractivity contribution in [2.45, 2.75) is 0 Å². The Labute approximate surface area is 72.2 Å². The summed E-state index contributed by atoms with van der Waals surface area (Å²) in [5.41, 5.74) is 0.367. The Bertz CT molecular complexity index is 246. The van der Waals surface area contributed by atoms with Gasteiger partial charge < -0.3 is 0 Å². The predicted molar refractivity (Wildman–Crippen MR) is 45.3 cm³/mol. The molecule has 0 saturated carbocycles. The summed E-state index contributed by atoms with van der Waals surface area (Å²) in [5, 5.41) is -0.312. The summed E-state index contributed by atoms with van der Waals surface area (Å²) in [4.78, 5) is 14.3. The fourth-order valence-corrected chi connectivity index (χ4v) is 0.869. The molecule has 2 nitrogen and oxygen atoms in total. The molecule has 0 N–H and O–H groups in total. The van der Waals surface area contributed by atoms with Crippen LogP contribution in [0.2, 0.25) is 0 Å². The summed E-state index contributed by atoms with van der Waals surface area (Å²) in [6, 6.07) is 3.36. The van der Waals surface area contributed by atoms with Crippen molar-refractivity contribution in [1.29, 1.82) is 0 Å². The first-order valence-electron chi connectivity index (χ1n) is 2.55. The zero-order valence-electron chi connectivity index (χ0n) is 4.91. The first-order chi connectivity index (χ1) is 4.70. The molecule has 1 aromatic heterocycles. The molecular weight excluding hydrogens is 214 g/mol. The third kappa shape index (κ3) is 1.82. The Morgan fingerprint density at radius 3 is 2.70 bits per heavy atom. The van der Waals surface area contributed by atoms with Gasteiger partial charge in [0.2, 0.25) is 5.12 Å². The van der Waals surface area contributed by atoms with E-state index in [-0.39, 0.29) is 5.12 Å². The van der Waals surface area contributed by atoms with Gasteiger partial charge in [-0.3, -0.25) is 9.78 Å². The molecule has 52 valence electrons. The normalized spacial score (nSPS) is 9.40. The molecule has 0 aromatic carbocycles. The van der Waals surface area contributed by atoms with Crippen LogP contribution >= 0.6 is 28.6 Å². The zero-order valence-corrected chi connectivity index (χ0v) is 7.39. The zero-order chi connectivity index (χ0) is 7.56. The minimum absolute atomic E-state index is 0.312. The maximum absolute atomic E-state index is 10.5. The van der Waals surface area contributed by atoms with Crippen LogP contribution in [0.5, 0.6) is 0 Å². The number of aromatic nitrogens is 1. The van der Waals surface area contributed by atoms with Gasteiger partial charge >= 0.3 is 0 Å². The van der Waals surface area contributed by atoms with Crippen LogP contribution in [0.1, 0.15) is 10.5 Å². The third-order valence-electron chi connectivity index (χ3n) is 0.947. The highest BCUT2D eigenvalue weighted by Gasteiger charge is 1.98. The second-order valence-electron chi connectivity index (χ2n) is 1.67. The molecule has 0 fully saturated rings. The molecule has 0 amide bonds. The van der Waals surface area contributed by atoms with E-state index in [2.05, 4.69) is 33.5 Å². The first kappa shape index (κ1) is 7.75. The molecule has 0 bridgehead atoms. The minimum atomic E-state index is -0.312. The molecule has 10 heavy (non-hydrogen) atoms. The highest BCUT2D eigenvalue weighted by atomic mass is 79.9. The molecule has 1 rings (SSSR count). The Kier molecular flexibility index (Phi) is 2.45. The van der Waals surface area contributed by atoms with E-state index >= 15 is 0 Å². The summed E-state index contributed by atoms with van der Waals surface area (Å²) < 4.78 is 0.853. The Balaban J connectivity index is 3.00. The summed E-state index contributed by atoms with van der Waals surface area (Å²) in [5.74, 6) is 0. The van der Waals surface area contributed by atoms with Gasteiger partial charge in [-0.15, -0.1) is 0 Å². The third-order valence-corrected chi connectivity index (χ3v) is 1.64. The van der Waals surface area contributed by atoms with Gasteiger partial charge in [-0.05, 0) is 28.1 Å². The molecule has 0 unspecified atom stereocenters. The van der Waals surface area contributed by atoms with Crippen molar-refractivity contribution in [3.05, 3.63) is 28.5 Å². The van der Waals surface area contributed by atoms with Crippen LogP contribution in [-0.2, 0) is 0 Å². The van der Waals surface area contributed by atoms with Crippen LogP contribution in [0.4, 0.5) is 0 Å². The molecule has 0 aliphatic carbocycles. The van der Waals surface area contributed by atoms with Crippen molar-refractivity contribution in [2.24, 2.45) is 0 Å². The number of hydrogen-bond acceptors (Lipinski definition) is 2. The molecule has 0 atom stereocenters. The van der Waals surface area contributed by atoms with E-state index in [1.165, 1.54) is 0 Å². The number of carbonyl (C=O) groups is 1. The second-order valence-corrected chi connectivity index (χ2v) is 2.99. The van der Waals surface area contributed by atoms with E-state index in [0.29, 0.717) is 5.69 Å². The fourth-order valence-electron chi connectivity index (χ4n) is 0.502. The van der Waals surface area contributed by atoms with Gasteiger partial charge in [0.25, 0.3) is 0 Å². The van der Waals surface area contributed by atoms with Crippen molar-refractivity contribution < 1.29 is 4.79 Å². The number of rotatable bonds is 1. The molecular formula is C6H4BrNOS. The number of nitrogens with zero attached hydrogens (tertiary/aromatic N) is 1. The molecule has 0 radical (unpaired) electrons. The first-order valence-corrected chi connectivity index (χ1v) is 3.79. The monoisotopic (exact) mass is 217 g/mol. The Morgan fingerprint density at radius 2 is 2.30 bits per heavy atom. The highest BCUT2D eigenvalue weighted by molar-refractivity contribution is 9.10. The lowest BCUT2D eigenvalue weighted by atomic mass is 10.4. The Morgan fingerprint density at radius 1 is 1.60 bits per heavy atom. The summed E-state index contributed by atoms with van der Waals surface area (Å²) >= 11 is 6.80. The summed E-state index contributed by atoms with van der Waals surface area (Å²) in [6.45, 7) is 0. The maximum atomic E-state index is 10.5. The fraction of sp³-hybridized carbons (Fsp3) is 0. The van der Waals surface area contributed by atoms with Crippen LogP contribution in [0.3, 0.4) is 0 Å². The SMILES string of the molecule is O=C(S)c1ccc(Br)cn1. The topological polar surface area (TPSA) is 30.0 Å². The minimum Gasteiger partial charge on any atom is -0.280 e. The van der Waals surface area contributed by atoms with Gasteiger partial charge in [0.1, 0.15) is 5.69 Å². The van der Waals surface area contributed by atoms with Gasteiger partial charge in [-0.2, -0.15) is 0 Å². The largest absolute Gasteiger partial charge is 0.280 e. The molecule has 0 spiro atoms. The standard InChI is InChI=1S/C6H4BrNOS/c7-4-1-2-5(6(9)10)8-3-4/h1-3H,(H,9,10). The van der Waals surface area contributed by atoms with E-state index in [4.69, 9.17) is 0 Å². The average molecular weight is 218 g/mol. The molecule has 1 aromatic rings. The van der Waals surface area contributed by atoms with E-state index in [0.717, 1.165) is 4.47 Å². The van der Waals surface area contributed by atoms with Crippen LogP contribution in [0, 0.1) is 0 Å². The van der Waals surface area contributed by atoms with Gasteiger partial charge in [0.05, 0.1) is 0 Å². The van der Waals surface area contributed by atoms with Crippen molar-refractivity contribution in [1.82, 2.24) is 4.98 Å². The number of carbonyl (C=O) groups excluding carboxylic acids is 1. The number of hydrogen-bond donors (Lipinski definition) is 1. The smallest absolute Gasteiger partial charge is 0.234 e. The molecule has 0 aliphatic heterocycles. The summed E-state index contributed by atoms with van der Waals surface area (Å²) in [6.07, 6.45) is 1.56. The van der Waals surface area contributed by atoms with Crippen molar-refractivity contribution in [2.75, 3.05) is 0 Å². The van der Waals surface area contributed by atoms with Crippen molar-refractivity contribution >= 4 is 33.7 Å². The number of pyridine rings is 1. The lowest BCUT2D eigenvalue weighted by Gasteiger charge is -1.91. The Hall–Kier alpha value is -0.350. The van der Waals surface area contributed by atoms with Gasteiger partial charge in [-0.1, -0.05) is 12.6 Å². The van der Waals surface area contributed by atoms with E-state index in [1.807, 2.05) is 0 Å². The van der Waals surface area contributed by atoms with Crippen molar-refractivity contribution in [3.8, 4) is 0 Å². The quantitative estimate of drug-likeness (QED) is 0.729. The van der Waals surface area contributed by atoms with Crippen LogP contribution in [-0.4, -0.2) is 10.1 Å². The number of thiol groups is 1. The van der Waals surface area contributed by atoms with Gasteiger partial charge in [-0.25, -0.2) is 0 Å². The highest BCUT2D eigenvalue weighted by Crippen LogP contribution is 2.08. The lowest BCUT2D eigenvalue weighted by molar-refractivity contribution is 0.108. The average Bonchev–Trinajstić information content (AvgIpc) is 1.88. The second kappa shape index (κ2) is 3.16. The maximum Gasteiger partial charge on any atom is 0.234 e. The van der Waals surface area contributed by atoms with E-state index in [9.17, 15) is 4.79 Å². The van der Waals surface area contributed by atoms with Gasteiger partial charge in [0, 0.05) is 10.7 Å². The van der Waals surface area contributed by atoms with Crippen molar-refractivity contribution in [3.63, 3.8) is 0 Å².